The van der Waals surface area contributed by atoms with Crippen molar-refractivity contribution >= 4 is 23.0 Å². The number of pyridine rings is 1. The Morgan fingerprint density at radius 2 is 1.70 bits per heavy atom. The van der Waals surface area contributed by atoms with Gasteiger partial charge in [0.1, 0.15) is 11.6 Å². The van der Waals surface area contributed by atoms with Gasteiger partial charge in [0.25, 0.3) is 0 Å². The average Bonchev–Trinajstić information content (AvgIpc) is 2.46. The summed E-state index contributed by atoms with van der Waals surface area (Å²) in [7, 11) is 4.07. The predicted octanol–water partition coefficient (Wildman–Crippen LogP) is 3.71. The molecule has 0 spiro atoms. The molecule has 2 rings (SSSR count). The van der Waals surface area contributed by atoms with Gasteiger partial charge in [-0.3, -0.25) is 0 Å². The third-order valence-electron chi connectivity index (χ3n) is 2.96. The minimum atomic E-state index is 0.851. The van der Waals surface area contributed by atoms with E-state index in [2.05, 4.69) is 51.7 Å². The molecule has 0 atom stereocenters. The van der Waals surface area contributed by atoms with E-state index in [9.17, 15) is 0 Å². The first kappa shape index (κ1) is 14.2. The zero-order valence-corrected chi connectivity index (χ0v) is 12.4. The maximum atomic E-state index is 4.53. The smallest absolute Gasteiger partial charge is 0.132 e. The van der Waals surface area contributed by atoms with Crippen LogP contribution in [0.15, 0.2) is 42.5 Å². The molecule has 2 aromatic rings. The van der Waals surface area contributed by atoms with E-state index >= 15 is 0 Å². The van der Waals surface area contributed by atoms with Gasteiger partial charge in [-0.1, -0.05) is 13.0 Å². The van der Waals surface area contributed by atoms with Crippen LogP contribution < -0.4 is 15.5 Å². The highest BCUT2D eigenvalue weighted by atomic mass is 15.1. The maximum absolute atomic E-state index is 4.53. The number of rotatable bonds is 6. The Labute approximate surface area is 120 Å². The summed E-state index contributed by atoms with van der Waals surface area (Å²) in [6.07, 6.45) is 1.09. The molecule has 106 valence electrons. The predicted molar refractivity (Wildman–Crippen MR) is 87.1 cm³/mol. The summed E-state index contributed by atoms with van der Waals surface area (Å²) >= 11 is 0. The summed E-state index contributed by atoms with van der Waals surface area (Å²) < 4.78 is 0. The van der Waals surface area contributed by atoms with Crippen LogP contribution in [0.5, 0.6) is 0 Å². The van der Waals surface area contributed by atoms with Gasteiger partial charge in [-0.15, -0.1) is 0 Å². The van der Waals surface area contributed by atoms with Crippen LogP contribution in [0.25, 0.3) is 0 Å². The van der Waals surface area contributed by atoms with Crippen LogP contribution in [-0.2, 0) is 0 Å². The number of anilines is 4. The maximum Gasteiger partial charge on any atom is 0.132 e. The van der Waals surface area contributed by atoms with E-state index in [1.807, 2.05) is 32.3 Å². The highest BCUT2D eigenvalue weighted by Crippen LogP contribution is 2.19. The molecule has 0 saturated heterocycles. The molecular weight excluding hydrogens is 248 g/mol. The van der Waals surface area contributed by atoms with Crippen LogP contribution in [-0.4, -0.2) is 25.6 Å². The molecular formula is C16H22N4. The van der Waals surface area contributed by atoms with Crippen molar-refractivity contribution in [3.05, 3.63) is 42.5 Å². The van der Waals surface area contributed by atoms with Gasteiger partial charge in [0, 0.05) is 32.0 Å². The Hall–Kier alpha value is -2.23. The lowest BCUT2D eigenvalue weighted by atomic mass is 10.2. The fraction of sp³-hybridized carbons (Fsp3) is 0.312. The molecule has 0 aliphatic rings. The van der Waals surface area contributed by atoms with Crippen molar-refractivity contribution in [2.24, 2.45) is 0 Å². The minimum absolute atomic E-state index is 0.851. The second kappa shape index (κ2) is 6.80. The van der Waals surface area contributed by atoms with Crippen LogP contribution in [0.1, 0.15) is 13.3 Å². The third kappa shape index (κ3) is 3.88. The normalized spacial score (nSPS) is 10.2. The molecule has 2 N–H and O–H groups in total. The molecule has 0 unspecified atom stereocenters. The van der Waals surface area contributed by atoms with Crippen molar-refractivity contribution in [2.45, 2.75) is 13.3 Å². The van der Waals surface area contributed by atoms with Crippen LogP contribution >= 0.6 is 0 Å². The molecule has 0 amide bonds. The standard InChI is InChI=1S/C16H22N4/c1-4-12-17-15-6-5-7-16(19-15)18-13-8-10-14(11-9-13)20(2)3/h5-11H,4,12H2,1-3H3,(H2,17,18,19). The average molecular weight is 270 g/mol. The molecule has 0 fully saturated rings. The van der Waals surface area contributed by atoms with E-state index in [-0.39, 0.29) is 0 Å². The minimum Gasteiger partial charge on any atom is -0.378 e. The molecule has 0 aliphatic carbocycles. The molecule has 0 aliphatic heterocycles. The van der Waals surface area contributed by atoms with Crippen molar-refractivity contribution in [1.82, 2.24) is 4.98 Å². The first-order chi connectivity index (χ1) is 9.69. The third-order valence-corrected chi connectivity index (χ3v) is 2.96. The van der Waals surface area contributed by atoms with Gasteiger partial charge in [-0.05, 0) is 42.8 Å². The van der Waals surface area contributed by atoms with E-state index < -0.39 is 0 Å². The Morgan fingerprint density at radius 1 is 1.00 bits per heavy atom. The van der Waals surface area contributed by atoms with E-state index in [1.165, 1.54) is 5.69 Å². The summed E-state index contributed by atoms with van der Waals surface area (Å²) in [6, 6.07) is 14.2. The van der Waals surface area contributed by atoms with E-state index in [4.69, 9.17) is 0 Å². The lowest BCUT2D eigenvalue weighted by molar-refractivity contribution is 0.970. The largest absolute Gasteiger partial charge is 0.378 e. The quantitative estimate of drug-likeness (QED) is 0.839. The Morgan fingerprint density at radius 3 is 2.35 bits per heavy atom. The lowest BCUT2D eigenvalue weighted by Gasteiger charge is -2.13. The Bertz CT molecular complexity index is 534. The van der Waals surface area contributed by atoms with Crippen LogP contribution in [0.2, 0.25) is 0 Å². The number of nitrogens with one attached hydrogen (secondary N) is 2. The Balaban J connectivity index is 2.05. The fourth-order valence-electron chi connectivity index (χ4n) is 1.85. The van der Waals surface area contributed by atoms with Gasteiger partial charge in [-0.2, -0.15) is 0 Å². The van der Waals surface area contributed by atoms with Crippen molar-refractivity contribution in [3.63, 3.8) is 0 Å². The number of nitrogens with zero attached hydrogens (tertiary/aromatic N) is 2. The highest BCUT2D eigenvalue weighted by molar-refractivity contribution is 5.61. The molecule has 0 radical (unpaired) electrons. The summed E-state index contributed by atoms with van der Waals surface area (Å²) in [5.74, 6) is 1.76. The number of hydrogen-bond donors (Lipinski definition) is 2. The SMILES string of the molecule is CCCNc1cccc(Nc2ccc(N(C)C)cc2)n1. The molecule has 1 aromatic carbocycles. The number of benzene rings is 1. The second-order valence-corrected chi connectivity index (χ2v) is 4.90. The molecule has 0 bridgehead atoms. The molecule has 4 heteroatoms. The fourth-order valence-corrected chi connectivity index (χ4v) is 1.85. The van der Waals surface area contributed by atoms with Gasteiger partial charge >= 0.3 is 0 Å². The van der Waals surface area contributed by atoms with Gasteiger partial charge in [-0.25, -0.2) is 4.98 Å². The van der Waals surface area contributed by atoms with Crippen LogP contribution in [0, 0.1) is 0 Å². The molecule has 0 saturated carbocycles. The summed E-state index contributed by atoms with van der Waals surface area (Å²) in [5, 5.41) is 6.60. The first-order valence-electron chi connectivity index (χ1n) is 6.94. The lowest BCUT2D eigenvalue weighted by Crippen LogP contribution is -2.08. The molecule has 1 aromatic heterocycles. The Kier molecular flexibility index (Phi) is 4.82. The van der Waals surface area contributed by atoms with Gasteiger partial charge in [0.05, 0.1) is 0 Å². The van der Waals surface area contributed by atoms with Crippen molar-refractivity contribution in [1.29, 1.82) is 0 Å². The van der Waals surface area contributed by atoms with Crippen molar-refractivity contribution < 1.29 is 0 Å². The van der Waals surface area contributed by atoms with Crippen LogP contribution in [0.3, 0.4) is 0 Å². The summed E-state index contributed by atoms with van der Waals surface area (Å²) in [5.41, 5.74) is 2.22. The second-order valence-electron chi connectivity index (χ2n) is 4.90. The van der Waals surface area contributed by atoms with E-state index in [0.29, 0.717) is 0 Å². The first-order valence-corrected chi connectivity index (χ1v) is 6.94. The topological polar surface area (TPSA) is 40.2 Å². The monoisotopic (exact) mass is 270 g/mol. The molecule has 1 heterocycles. The zero-order chi connectivity index (χ0) is 14.4. The van der Waals surface area contributed by atoms with E-state index in [0.717, 1.165) is 30.3 Å². The van der Waals surface area contributed by atoms with Gasteiger partial charge < -0.3 is 15.5 Å². The highest BCUT2D eigenvalue weighted by Gasteiger charge is 1.99. The van der Waals surface area contributed by atoms with Gasteiger partial charge in [0.2, 0.25) is 0 Å². The summed E-state index contributed by atoms with van der Waals surface area (Å²) in [4.78, 5) is 6.61. The van der Waals surface area contributed by atoms with E-state index in [1.54, 1.807) is 0 Å². The van der Waals surface area contributed by atoms with Crippen LogP contribution in [0.4, 0.5) is 23.0 Å². The number of hydrogen-bond acceptors (Lipinski definition) is 4. The molecule has 4 nitrogen and oxygen atoms in total. The van der Waals surface area contributed by atoms with Crippen molar-refractivity contribution in [2.75, 3.05) is 36.2 Å². The number of aromatic nitrogens is 1. The summed E-state index contributed by atoms with van der Waals surface area (Å²) in [6.45, 7) is 3.08. The zero-order valence-electron chi connectivity index (χ0n) is 12.4. The molecule has 20 heavy (non-hydrogen) atoms. The van der Waals surface area contributed by atoms with Gasteiger partial charge in [0.15, 0.2) is 0 Å². The van der Waals surface area contributed by atoms with Crippen molar-refractivity contribution in [3.8, 4) is 0 Å².